The van der Waals surface area contributed by atoms with Gasteiger partial charge in [-0.2, -0.15) is 5.26 Å². The third-order valence-electron chi connectivity index (χ3n) is 2.62. The highest BCUT2D eigenvalue weighted by Crippen LogP contribution is 2.09. The van der Waals surface area contributed by atoms with Crippen LogP contribution in [0.4, 0.5) is 0 Å². The second kappa shape index (κ2) is 6.66. The number of hydrogen-bond donors (Lipinski definition) is 1. The molecule has 1 amide bonds. The van der Waals surface area contributed by atoms with E-state index in [1.165, 1.54) is 17.0 Å². The first-order chi connectivity index (χ1) is 9.35. The van der Waals surface area contributed by atoms with Crippen molar-refractivity contribution in [3.05, 3.63) is 29.1 Å². The predicted octanol–water partition coefficient (Wildman–Crippen LogP) is 1.44. The van der Waals surface area contributed by atoms with Crippen LogP contribution in [0.15, 0.2) is 12.1 Å². The van der Waals surface area contributed by atoms with Gasteiger partial charge in [0.2, 0.25) is 0 Å². The van der Waals surface area contributed by atoms with E-state index in [9.17, 15) is 9.59 Å². The molecule has 0 fully saturated rings. The Hall–Kier alpha value is -2.42. The van der Waals surface area contributed by atoms with Crippen LogP contribution in [0.25, 0.3) is 0 Å². The van der Waals surface area contributed by atoms with Crippen molar-refractivity contribution < 1.29 is 14.7 Å². The van der Waals surface area contributed by atoms with Gasteiger partial charge in [0.25, 0.3) is 5.91 Å². The Morgan fingerprint density at radius 1 is 1.45 bits per heavy atom. The minimum absolute atomic E-state index is 0.151. The molecule has 0 aliphatic carbocycles. The van der Waals surface area contributed by atoms with Crippen LogP contribution >= 0.6 is 0 Å². The van der Waals surface area contributed by atoms with Crippen molar-refractivity contribution in [1.82, 2.24) is 9.88 Å². The number of amides is 1. The van der Waals surface area contributed by atoms with Gasteiger partial charge in [-0.25, -0.2) is 4.98 Å². The second-order valence-corrected chi connectivity index (χ2v) is 4.91. The van der Waals surface area contributed by atoms with Gasteiger partial charge in [-0.15, -0.1) is 0 Å². The van der Waals surface area contributed by atoms with E-state index in [2.05, 4.69) is 4.98 Å². The maximum atomic E-state index is 12.3. The van der Waals surface area contributed by atoms with Crippen LogP contribution in [0.2, 0.25) is 0 Å². The van der Waals surface area contributed by atoms with Crippen molar-refractivity contribution in [3.63, 3.8) is 0 Å². The van der Waals surface area contributed by atoms with Crippen LogP contribution in [0.1, 0.15) is 35.6 Å². The van der Waals surface area contributed by atoms with Crippen molar-refractivity contribution in [2.45, 2.75) is 20.8 Å². The molecule has 0 unspecified atom stereocenters. The van der Waals surface area contributed by atoms with E-state index in [-0.39, 0.29) is 18.2 Å². The lowest BCUT2D eigenvalue weighted by Gasteiger charge is -2.22. The zero-order valence-corrected chi connectivity index (χ0v) is 11.8. The van der Waals surface area contributed by atoms with Crippen LogP contribution < -0.4 is 0 Å². The third-order valence-corrected chi connectivity index (χ3v) is 2.62. The third kappa shape index (κ3) is 4.05. The second-order valence-electron chi connectivity index (χ2n) is 4.91. The predicted molar refractivity (Wildman–Crippen MR) is 72.1 cm³/mol. The molecule has 1 N–H and O–H groups in total. The summed E-state index contributed by atoms with van der Waals surface area (Å²) in [5.74, 6) is -1.35. The minimum Gasteiger partial charge on any atom is -0.480 e. The minimum atomic E-state index is -1.07. The first kappa shape index (κ1) is 15.6. The van der Waals surface area contributed by atoms with Gasteiger partial charge in [0, 0.05) is 6.54 Å². The van der Waals surface area contributed by atoms with E-state index >= 15 is 0 Å². The van der Waals surface area contributed by atoms with Crippen LogP contribution in [0.3, 0.4) is 0 Å². The van der Waals surface area contributed by atoms with Gasteiger partial charge in [0.15, 0.2) is 0 Å². The molecule has 0 aliphatic heterocycles. The maximum Gasteiger partial charge on any atom is 0.323 e. The Morgan fingerprint density at radius 2 is 2.10 bits per heavy atom. The molecule has 0 saturated heterocycles. The van der Waals surface area contributed by atoms with Crippen LogP contribution in [-0.2, 0) is 4.79 Å². The van der Waals surface area contributed by atoms with Gasteiger partial charge in [0.1, 0.15) is 18.3 Å². The summed E-state index contributed by atoms with van der Waals surface area (Å²) < 4.78 is 0. The number of carbonyl (C=O) groups is 2. The van der Waals surface area contributed by atoms with E-state index in [0.29, 0.717) is 17.8 Å². The lowest BCUT2D eigenvalue weighted by molar-refractivity contribution is -0.137. The summed E-state index contributed by atoms with van der Waals surface area (Å²) in [6.07, 6.45) is 0. The summed E-state index contributed by atoms with van der Waals surface area (Å²) in [5.41, 5.74) is 1.01. The fourth-order valence-electron chi connectivity index (χ4n) is 1.78. The van der Waals surface area contributed by atoms with Crippen molar-refractivity contribution in [2.75, 3.05) is 13.1 Å². The fraction of sp³-hybridized carbons (Fsp3) is 0.429. The first-order valence-electron chi connectivity index (χ1n) is 6.24. The molecular formula is C14H17N3O3. The summed E-state index contributed by atoms with van der Waals surface area (Å²) in [7, 11) is 0. The number of carboxylic acid groups (broad SMARTS) is 1. The monoisotopic (exact) mass is 275 g/mol. The van der Waals surface area contributed by atoms with E-state index in [0.717, 1.165) is 0 Å². The lowest BCUT2D eigenvalue weighted by atomic mass is 10.1. The standard InChI is InChI=1S/C14H17N3O3/c1-9(2)7-17(8-13(18)19)14(20)12-5-4-11(6-15)10(3)16-12/h4-5,9H,7-8H2,1-3H3,(H,18,19). The average Bonchev–Trinajstić information content (AvgIpc) is 2.35. The molecule has 0 saturated carbocycles. The number of pyridine rings is 1. The van der Waals surface area contributed by atoms with Gasteiger partial charge >= 0.3 is 5.97 Å². The summed E-state index contributed by atoms with van der Waals surface area (Å²) in [5, 5.41) is 17.7. The van der Waals surface area contributed by atoms with Gasteiger partial charge < -0.3 is 10.0 Å². The average molecular weight is 275 g/mol. The number of aliphatic carboxylic acids is 1. The zero-order valence-electron chi connectivity index (χ0n) is 11.8. The maximum absolute atomic E-state index is 12.3. The molecule has 6 nitrogen and oxygen atoms in total. The number of carbonyl (C=O) groups excluding carboxylic acids is 1. The molecule has 1 heterocycles. The van der Waals surface area contributed by atoms with Crippen molar-refractivity contribution >= 4 is 11.9 Å². The van der Waals surface area contributed by atoms with E-state index in [1.807, 2.05) is 19.9 Å². The summed E-state index contributed by atoms with van der Waals surface area (Å²) in [6.45, 7) is 5.42. The fourth-order valence-corrected chi connectivity index (χ4v) is 1.78. The van der Waals surface area contributed by atoms with E-state index in [4.69, 9.17) is 10.4 Å². The Balaban J connectivity index is 3.02. The molecule has 6 heteroatoms. The van der Waals surface area contributed by atoms with E-state index < -0.39 is 11.9 Å². The Bertz CT molecular complexity index is 561. The Labute approximate surface area is 117 Å². The number of aryl methyl sites for hydroxylation is 1. The Morgan fingerprint density at radius 3 is 2.55 bits per heavy atom. The molecule has 0 atom stereocenters. The molecule has 1 rings (SSSR count). The first-order valence-corrected chi connectivity index (χ1v) is 6.24. The molecule has 0 radical (unpaired) electrons. The van der Waals surface area contributed by atoms with Crippen LogP contribution in [0.5, 0.6) is 0 Å². The SMILES string of the molecule is Cc1nc(C(=O)N(CC(=O)O)CC(C)C)ccc1C#N. The van der Waals surface area contributed by atoms with E-state index in [1.54, 1.807) is 6.92 Å². The van der Waals surface area contributed by atoms with Gasteiger partial charge in [-0.1, -0.05) is 13.8 Å². The van der Waals surface area contributed by atoms with Gasteiger partial charge in [-0.3, -0.25) is 9.59 Å². The highest BCUT2D eigenvalue weighted by atomic mass is 16.4. The molecule has 0 aromatic carbocycles. The van der Waals surface area contributed by atoms with Crippen LogP contribution in [0, 0.1) is 24.2 Å². The Kier molecular flexibility index (Phi) is 5.21. The molecule has 0 spiro atoms. The summed E-state index contributed by atoms with van der Waals surface area (Å²) >= 11 is 0. The number of hydrogen-bond acceptors (Lipinski definition) is 4. The summed E-state index contributed by atoms with van der Waals surface area (Å²) in [6, 6.07) is 4.94. The number of carboxylic acids is 1. The largest absolute Gasteiger partial charge is 0.480 e. The van der Waals surface area contributed by atoms with Crippen molar-refractivity contribution in [2.24, 2.45) is 5.92 Å². The summed E-state index contributed by atoms with van der Waals surface area (Å²) in [4.78, 5) is 28.4. The topological polar surface area (TPSA) is 94.3 Å². The molecule has 106 valence electrons. The normalized spacial score (nSPS) is 10.2. The highest BCUT2D eigenvalue weighted by Gasteiger charge is 2.21. The smallest absolute Gasteiger partial charge is 0.323 e. The molecule has 1 aromatic heterocycles. The quantitative estimate of drug-likeness (QED) is 0.877. The number of nitriles is 1. The van der Waals surface area contributed by atoms with Gasteiger partial charge in [-0.05, 0) is 25.0 Å². The van der Waals surface area contributed by atoms with Crippen molar-refractivity contribution in [1.29, 1.82) is 5.26 Å². The number of aromatic nitrogens is 1. The van der Waals surface area contributed by atoms with Crippen LogP contribution in [-0.4, -0.2) is 40.0 Å². The zero-order chi connectivity index (χ0) is 15.3. The number of rotatable bonds is 5. The number of nitrogens with zero attached hydrogens (tertiary/aromatic N) is 3. The molecule has 1 aromatic rings. The van der Waals surface area contributed by atoms with Crippen molar-refractivity contribution in [3.8, 4) is 6.07 Å². The lowest BCUT2D eigenvalue weighted by Crippen LogP contribution is -2.38. The molecule has 20 heavy (non-hydrogen) atoms. The molecule has 0 aliphatic rings. The molecular weight excluding hydrogens is 258 g/mol. The highest BCUT2D eigenvalue weighted by molar-refractivity contribution is 5.94. The molecule has 0 bridgehead atoms. The van der Waals surface area contributed by atoms with Gasteiger partial charge in [0.05, 0.1) is 11.3 Å².